The van der Waals surface area contributed by atoms with Crippen molar-refractivity contribution < 1.29 is 4.79 Å². The molecule has 4 nitrogen and oxygen atoms in total. The third-order valence-electron chi connectivity index (χ3n) is 4.46. The molecule has 2 bridgehead atoms. The zero-order valence-corrected chi connectivity index (χ0v) is 13.5. The minimum atomic E-state index is -0.0583. The molecule has 0 radical (unpaired) electrons. The van der Waals surface area contributed by atoms with Crippen LogP contribution in [-0.2, 0) is 0 Å². The van der Waals surface area contributed by atoms with Crippen LogP contribution in [-0.4, -0.2) is 41.5 Å². The maximum Gasteiger partial charge on any atom is 0.280 e. The first-order chi connectivity index (χ1) is 10.7. The Morgan fingerprint density at radius 3 is 3.05 bits per heavy atom. The summed E-state index contributed by atoms with van der Waals surface area (Å²) in [6.45, 7) is 3.27. The number of nitrogens with zero attached hydrogens (tertiary/aromatic N) is 2. The number of carbonyl (C=O) groups excluding carboxylic acids is 1. The Morgan fingerprint density at radius 2 is 2.32 bits per heavy atom. The number of piperidine rings is 1. The molecule has 1 N–H and O–H groups in total. The van der Waals surface area contributed by atoms with Gasteiger partial charge in [-0.1, -0.05) is 23.7 Å². The minimum absolute atomic E-state index is 0.0583. The summed E-state index contributed by atoms with van der Waals surface area (Å²) in [6.07, 6.45) is 2.94. The quantitative estimate of drug-likeness (QED) is 0.939. The minimum Gasteiger partial charge on any atom is -0.346 e. The van der Waals surface area contributed by atoms with E-state index in [1.807, 2.05) is 24.3 Å². The molecule has 1 aromatic carbocycles. The number of aromatic nitrogens is 1. The normalized spacial score (nSPS) is 26.3. The smallest absolute Gasteiger partial charge is 0.280 e. The zero-order valence-electron chi connectivity index (χ0n) is 12.0. The van der Waals surface area contributed by atoms with Gasteiger partial charge in [-0.25, -0.2) is 4.98 Å². The van der Waals surface area contributed by atoms with Gasteiger partial charge in [0.25, 0.3) is 5.91 Å². The zero-order chi connectivity index (χ0) is 15.1. The van der Waals surface area contributed by atoms with E-state index < -0.39 is 0 Å². The van der Waals surface area contributed by atoms with Gasteiger partial charge in [-0.2, -0.15) is 0 Å². The van der Waals surface area contributed by atoms with E-state index in [9.17, 15) is 4.79 Å². The van der Waals surface area contributed by atoms with E-state index in [1.54, 1.807) is 6.20 Å². The maximum absolute atomic E-state index is 12.4. The number of benzene rings is 1. The fraction of sp³-hybridized carbons (Fsp3) is 0.375. The maximum atomic E-state index is 12.4. The standard InChI is InChI=1S/C16H16ClN3OS/c17-12-3-1-2-10(6-12)14-7-18-16(22-14)15(21)19-13-9-20-5-4-11(13)8-20/h1-3,6-7,11,13H,4-5,8-9H2,(H,19,21)/t11-,13?/m0/s1. The molecule has 2 fully saturated rings. The van der Waals surface area contributed by atoms with Gasteiger partial charge in [-0.05, 0) is 36.6 Å². The van der Waals surface area contributed by atoms with Crippen molar-refractivity contribution in [2.24, 2.45) is 5.92 Å². The highest BCUT2D eigenvalue weighted by Gasteiger charge is 2.38. The van der Waals surface area contributed by atoms with E-state index in [4.69, 9.17) is 11.6 Å². The van der Waals surface area contributed by atoms with Crippen molar-refractivity contribution in [3.8, 4) is 10.4 Å². The van der Waals surface area contributed by atoms with Crippen molar-refractivity contribution in [2.45, 2.75) is 12.5 Å². The molecule has 114 valence electrons. The topological polar surface area (TPSA) is 45.2 Å². The van der Waals surface area contributed by atoms with Gasteiger partial charge in [0, 0.05) is 30.4 Å². The first kappa shape index (κ1) is 14.2. The van der Waals surface area contributed by atoms with Crippen LogP contribution in [0.25, 0.3) is 10.4 Å². The van der Waals surface area contributed by atoms with Gasteiger partial charge in [0.15, 0.2) is 5.01 Å². The van der Waals surface area contributed by atoms with Crippen molar-refractivity contribution >= 4 is 28.8 Å². The summed E-state index contributed by atoms with van der Waals surface area (Å²) in [5.41, 5.74) is 0.995. The van der Waals surface area contributed by atoms with Crippen LogP contribution in [0.2, 0.25) is 5.02 Å². The third kappa shape index (κ3) is 2.64. The van der Waals surface area contributed by atoms with Gasteiger partial charge in [0.2, 0.25) is 0 Å². The van der Waals surface area contributed by atoms with Crippen LogP contribution in [0.15, 0.2) is 30.5 Å². The molecule has 2 aromatic rings. The molecule has 3 heterocycles. The molecular weight excluding hydrogens is 318 g/mol. The summed E-state index contributed by atoms with van der Waals surface area (Å²) < 4.78 is 0. The fourth-order valence-electron chi connectivity index (χ4n) is 3.33. The van der Waals surface area contributed by atoms with E-state index in [1.165, 1.54) is 24.3 Å². The average molecular weight is 334 g/mol. The number of halogens is 1. The molecule has 3 atom stereocenters. The van der Waals surface area contributed by atoms with Crippen LogP contribution in [0.3, 0.4) is 0 Å². The molecule has 2 unspecified atom stereocenters. The van der Waals surface area contributed by atoms with Crippen LogP contribution in [0.1, 0.15) is 16.2 Å². The highest BCUT2D eigenvalue weighted by molar-refractivity contribution is 7.17. The second kappa shape index (κ2) is 5.65. The van der Waals surface area contributed by atoms with Crippen molar-refractivity contribution in [2.75, 3.05) is 19.6 Å². The molecule has 4 rings (SSSR count). The number of hydrogen-bond donors (Lipinski definition) is 1. The molecule has 0 aliphatic carbocycles. The van der Waals surface area contributed by atoms with E-state index in [0.29, 0.717) is 15.9 Å². The number of carbonyl (C=O) groups is 1. The Balaban J connectivity index is 1.48. The Labute approximate surface area is 138 Å². The molecule has 1 aromatic heterocycles. The summed E-state index contributed by atoms with van der Waals surface area (Å²) in [7, 11) is 0. The Bertz CT molecular complexity index is 717. The number of thiazole rings is 1. The lowest BCUT2D eigenvalue weighted by Gasteiger charge is -2.22. The number of amides is 1. The van der Waals surface area contributed by atoms with Crippen molar-refractivity contribution in [1.29, 1.82) is 0 Å². The Kier molecular flexibility index (Phi) is 3.64. The van der Waals surface area contributed by atoms with Crippen molar-refractivity contribution in [3.05, 3.63) is 40.5 Å². The second-order valence-electron chi connectivity index (χ2n) is 5.93. The van der Waals surface area contributed by atoms with Gasteiger partial charge in [0.05, 0.1) is 4.88 Å². The first-order valence-electron chi connectivity index (χ1n) is 7.44. The van der Waals surface area contributed by atoms with Crippen LogP contribution >= 0.6 is 22.9 Å². The van der Waals surface area contributed by atoms with Crippen LogP contribution < -0.4 is 5.32 Å². The highest BCUT2D eigenvalue weighted by atomic mass is 35.5. The number of fused-ring (bicyclic) bond motifs is 2. The molecule has 2 aliphatic rings. The second-order valence-corrected chi connectivity index (χ2v) is 7.40. The lowest BCUT2D eigenvalue weighted by Crippen LogP contribution is -2.43. The summed E-state index contributed by atoms with van der Waals surface area (Å²) >= 11 is 7.42. The Morgan fingerprint density at radius 1 is 1.41 bits per heavy atom. The molecule has 1 amide bonds. The average Bonchev–Trinajstić information content (AvgIpc) is 3.23. The van der Waals surface area contributed by atoms with E-state index in [2.05, 4.69) is 15.2 Å². The number of hydrogen-bond acceptors (Lipinski definition) is 4. The summed E-state index contributed by atoms with van der Waals surface area (Å²) in [4.78, 5) is 20.0. The van der Waals surface area contributed by atoms with Crippen LogP contribution in [0, 0.1) is 5.92 Å². The van der Waals surface area contributed by atoms with Gasteiger partial charge in [-0.15, -0.1) is 11.3 Å². The van der Waals surface area contributed by atoms with Crippen LogP contribution in [0.5, 0.6) is 0 Å². The van der Waals surface area contributed by atoms with Crippen LogP contribution in [0.4, 0.5) is 0 Å². The largest absolute Gasteiger partial charge is 0.346 e. The lowest BCUT2D eigenvalue weighted by molar-refractivity contribution is 0.0924. The van der Waals surface area contributed by atoms with E-state index >= 15 is 0 Å². The lowest BCUT2D eigenvalue weighted by atomic mass is 10.0. The van der Waals surface area contributed by atoms with Crippen molar-refractivity contribution in [1.82, 2.24) is 15.2 Å². The highest BCUT2D eigenvalue weighted by Crippen LogP contribution is 2.30. The van der Waals surface area contributed by atoms with Gasteiger partial charge >= 0.3 is 0 Å². The molecule has 0 spiro atoms. The van der Waals surface area contributed by atoms with E-state index in [-0.39, 0.29) is 11.9 Å². The molecule has 0 saturated carbocycles. The Hall–Kier alpha value is -1.43. The predicted octanol–water partition coefficient (Wildman–Crippen LogP) is 2.90. The fourth-order valence-corrected chi connectivity index (χ4v) is 4.34. The molecule has 6 heteroatoms. The van der Waals surface area contributed by atoms with Gasteiger partial charge in [0.1, 0.15) is 0 Å². The monoisotopic (exact) mass is 333 g/mol. The first-order valence-corrected chi connectivity index (χ1v) is 8.63. The molecule has 2 aliphatic heterocycles. The third-order valence-corrected chi connectivity index (χ3v) is 5.74. The molecule has 22 heavy (non-hydrogen) atoms. The summed E-state index contributed by atoms with van der Waals surface area (Å²) in [5, 5.41) is 4.35. The predicted molar refractivity (Wildman–Crippen MR) is 88.4 cm³/mol. The van der Waals surface area contributed by atoms with Crippen molar-refractivity contribution in [3.63, 3.8) is 0 Å². The molecular formula is C16H16ClN3OS. The summed E-state index contributed by atoms with van der Waals surface area (Å²) in [6, 6.07) is 7.88. The molecule has 2 saturated heterocycles. The summed E-state index contributed by atoms with van der Waals surface area (Å²) in [5.74, 6) is 0.549. The number of rotatable bonds is 3. The van der Waals surface area contributed by atoms with Gasteiger partial charge < -0.3 is 10.2 Å². The SMILES string of the molecule is O=C(NC1CN2CC[C@H]1C2)c1ncc(-c2cccc(Cl)c2)s1. The number of nitrogens with one attached hydrogen (secondary N) is 1. The van der Waals surface area contributed by atoms with Gasteiger partial charge in [-0.3, -0.25) is 4.79 Å². The van der Waals surface area contributed by atoms with E-state index in [0.717, 1.165) is 23.5 Å².